The highest BCUT2D eigenvalue weighted by atomic mass is 32.1. The average molecular weight is 315 g/mol. The van der Waals surface area contributed by atoms with Gasteiger partial charge < -0.3 is 15.4 Å². The predicted molar refractivity (Wildman–Crippen MR) is 94.5 cm³/mol. The van der Waals surface area contributed by atoms with Crippen LogP contribution in [0.4, 0.5) is 5.69 Å². The molecule has 2 aromatic rings. The van der Waals surface area contributed by atoms with E-state index in [1.807, 2.05) is 31.2 Å². The Labute approximate surface area is 136 Å². The van der Waals surface area contributed by atoms with Crippen molar-refractivity contribution in [2.45, 2.75) is 26.8 Å². The van der Waals surface area contributed by atoms with E-state index in [0.717, 1.165) is 11.4 Å². The van der Waals surface area contributed by atoms with Crippen LogP contribution in [0, 0.1) is 13.8 Å². The zero-order valence-electron chi connectivity index (χ0n) is 13.1. The summed E-state index contributed by atoms with van der Waals surface area (Å²) >= 11 is 5.28. The van der Waals surface area contributed by atoms with Crippen LogP contribution in [-0.2, 0) is 0 Å². The minimum absolute atomic E-state index is 0.0956. The highest BCUT2D eigenvalue weighted by Crippen LogP contribution is 2.16. The fourth-order valence-electron chi connectivity index (χ4n) is 1.89. The summed E-state index contributed by atoms with van der Waals surface area (Å²) in [6.07, 6.45) is 3.45. The molecule has 0 radical (unpaired) electrons. The van der Waals surface area contributed by atoms with E-state index >= 15 is 0 Å². The molecule has 22 heavy (non-hydrogen) atoms. The molecular formula is C17H21N3OS. The second kappa shape index (κ2) is 7.75. The predicted octanol–water partition coefficient (Wildman–Crippen LogP) is 3.45. The number of hydrogen-bond donors (Lipinski definition) is 2. The first-order valence-corrected chi connectivity index (χ1v) is 7.63. The number of nitrogens with one attached hydrogen (secondary N) is 2. The molecule has 116 valence electrons. The van der Waals surface area contributed by atoms with E-state index in [-0.39, 0.29) is 6.04 Å². The molecule has 0 aliphatic carbocycles. The SMILES string of the molecule is Cc1ccc(OC[C@@H](C)NC(=S)Nc2cccnc2)cc1C. The number of rotatable bonds is 5. The standard InChI is InChI=1S/C17H21N3OS/c1-12-6-7-16(9-13(12)2)21-11-14(3)19-17(22)20-15-5-4-8-18-10-15/h4-10,14H,11H2,1-3H3,(H2,19,20,22)/t14-/m1/s1. The molecule has 0 bridgehead atoms. The lowest BCUT2D eigenvalue weighted by Gasteiger charge is -2.18. The lowest BCUT2D eigenvalue weighted by atomic mass is 10.1. The molecule has 0 aliphatic heterocycles. The van der Waals surface area contributed by atoms with Gasteiger partial charge in [-0.25, -0.2) is 0 Å². The number of nitrogens with zero attached hydrogens (tertiary/aromatic N) is 1. The van der Waals surface area contributed by atoms with Crippen molar-refractivity contribution in [2.75, 3.05) is 11.9 Å². The number of aryl methyl sites for hydroxylation is 2. The van der Waals surface area contributed by atoms with Crippen LogP contribution in [0.25, 0.3) is 0 Å². The van der Waals surface area contributed by atoms with Crippen molar-refractivity contribution in [1.82, 2.24) is 10.3 Å². The van der Waals surface area contributed by atoms with Crippen LogP contribution in [-0.4, -0.2) is 22.7 Å². The Kier molecular flexibility index (Phi) is 5.72. The molecule has 0 spiro atoms. The van der Waals surface area contributed by atoms with Crippen molar-refractivity contribution in [3.05, 3.63) is 53.9 Å². The average Bonchev–Trinajstić information content (AvgIpc) is 2.49. The van der Waals surface area contributed by atoms with Crippen molar-refractivity contribution in [3.8, 4) is 5.75 Å². The van der Waals surface area contributed by atoms with Crippen LogP contribution in [0.3, 0.4) is 0 Å². The third kappa shape index (κ3) is 5.00. The first-order valence-electron chi connectivity index (χ1n) is 7.22. The third-order valence-corrected chi connectivity index (χ3v) is 3.50. The minimum Gasteiger partial charge on any atom is -0.491 e. The van der Waals surface area contributed by atoms with E-state index < -0.39 is 0 Å². The van der Waals surface area contributed by atoms with Gasteiger partial charge in [-0.3, -0.25) is 4.98 Å². The molecule has 4 nitrogen and oxygen atoms in total. The topological polar surface area (TPSA) is 46.2 Å². The Morgan fingerprint density at radius 3 is 2.77 bits per heavy atom. The van der Waals surface area contributed by atoms with Crippen molar-refractivity contribution < 1.29 is 4.74 Å². The van der Waals surface area contributed by atoms with Crippen molar-refractivity contribution >= 4 is 23.0 Å². The Balaban J connectivity index is 1.78. The minimum atomic E-state index is 0.0956. The first kappa shape index (κ1) is 16.2. The van der Waals surface area contributed by atoms with Crippen LogP contribution in [0.1, 0.15) is 18.1 Å². The summed E-state index contributed by atoms with van der Waals surface area (Å²) in [4.78, 5) is 4.03. The number of thiocarbonyl (C=S) groups is 1. The normalized spacial score (nSPS) is 11.6. The number of ether oxygens (including phenoxy) is 1. The lowest BCUT2D eigenvalue weighted by Crippen LogP contribution is -2.39. The quantitative estimate of drug-likeness (QED) is 0.828. The molecule has 5 heteroatoms. The van der Waals surface area contributed by atoms with E-state index in [4.69, 9.17) is 17.0 Å². The van der Waals surface area contributed by atoms with Gasteiger partial charge in [0.15, 0.2) is 5.11 Å². The van der Waals surface area contributed by atoms with Gasteiger partial charge in [-0.05, 0) is 68.4 Å². The van der Waals surface area contributed by atoms with Crippen LogP contribution >= 0.6 is 12.2 Å². The third-order valence-electron chi connectivity index (χ3n) is 3.28. The zero-order valence-corrected chi connectivity index (χ0v) is 13.9. The monoisotopic (exact) mass is 315 g/mol. The van der Waals surface area contributed by atoms with E-state index in [0.29, 0.717) is 11.7 Å². The number of anilines is 1. The molecule has 0 fully saturated rings. The van der Waals surface area contributed by atoms with Crippen molar-refractivity contribution in [3.63, 3.8) is 0 Å². The molecule has 1 aromatic heterocycles. The fraction of sp³-hybridized carbons (Fsp3) is 0.294. The first-order chi connectivity index (χ1) is 10.5. The Morgan fingerprint density at radius 1 is 1.27 bits per heavy atom. The second-order valence-corrected chi connectivity index (χ2v) is 5.71. The highest BCUT2D eigenvalue weighted by molar-refractivity contribution is 7.80. The lowest BCUT2D eigenvalue weighted by molar-refractivity contribution is 0.287. The van der Waals surface area contributed by atoms with Gasteiger partial charge in [0.1, 0.15) is 12.4 Å². The molecule has 2 rings (SSSR count). The molecule has 0 saturated carbocycles. The van der Waals surface area contributed by atoms with Crippen LogP contribution in [0.15, 0.2) is 42.7 Å². The molecule has 1 atom stereocenters. The van der Waals surface area contributed by atoms with Crippen molar-refractivity contribution in [2.24, 2.45) is 0 Å². The van der Waals surface area contributed by atoms with Gasteiger partial charge in [0, 0.05) is 6.20 Å². The summed E-state index contributed by atoms with van der Waals surface area (Å²) < 4.78 is 5.79. The number of pyridine rings is 1. The molecule has 2 N–H and O–H groups in total. The second-order valence-electron chi connectivity index (χ2n) is 5.30. The van der Waals surface area contributed by atoms with E-state index in [9.17, 15) is 0 Å². The smallest absolute Gasteiger partial charge is 0.171 e. The van der Waals surface area contributed by atoms with Gasteiger partial charge in [-0.1, -0.05) is 6.07 Å². The number of benzene rings is 1. The largest absolute Gasteiger partial charge is 0.491 e. The molecule has 0 aliphatic rings. The summed E-state index contributed by atoms with van der Waals surface area (Å²) in [5.74, 6) is 0.878. The molecule has 0 amide bonds. The highest BCUT2D eigenvalue weighted by Gasteiger charge is 2.06. The van der Waals surface area contributed by atoms with Gasteiger partial charge in [0.2, 0.25) is 0 Å². The maximum Gasteiger partial charge on any atom is 0.171 e. The molecule has 1 heterocycles. The Bertz CT molecular complexity index is 631. The Morgan fingerprint density at radius 2 is 2.09 bits per heavy atom. The number of hydrogen-bond acceptors (Lipinski definition) is 3. The summed E-state index contributed by atoms with van der Waals surface area (Å²) in [7, 11) is 0. The number of aromatic nitrogens is 1. The van der Waals surface area contributed by atoms with Gasteiger partial charge in [-0.2, -0.15) is 0 Å². The summed E-state index contributed by atoms with van der Waals surface area (Å²) in [6, 6.07) is 9.97. The van der Waals surface area contributed by atoms with Crippen LogP contribution in [0.2, 0.25) is 0 Å². The zero-order chi connectivity index (χ0) is 15.9. The van der Waals surface area contributed by atoms with E-state index in [1.165, 1.54) is 11.1 Å². The summed E-state index contributed by atoms with van der Waals surface area (Å²) in [5, 5.41) is 6.84. The maximum atomic E-state index is 5.79. The van der Waals surface area contributed by atoms with E-state index in [1.54, 1.807) is 12.4 Å². The van der Waals surface area contributed by atoms with Crippen molar-refractivity contribution in [1.29, 1.82) is 0 Å². The van der Waals surface area contributed by atoms with E-state index in [2.05, 4.69) is 35.5 Å². The van der Waals surface area contributed by atoms with Gasteiger partial charge >= 0.3 is 0 Å². The van der Waals surface area contributed by atoms with Gasteiger partial charge in [0.05, 0.1) is 17.9 Å². The fourth-order valence-corrected chi connectivity index (χ4v) is 2.21. The maximum absolute atomic E-state index is 5.79. The Hall–Kier alpha value is -2.14. The summed E-state index contributed by atoms with van der Waals surface area (Å²) in [5.41, 5.74) is 3.36. The van der Waals surface area contributed by atoms with Crippen LogP contribution < -0.4 is 15.4 Å². The molecular weight excluding hydrogens is 294 g/mol. The summed E-state index contributed by atoms with van der Waals surface area (Å²) in [6.45, 7) is 6.73. The van der Waals surface area contributed by atoms with Gasteiger partial charge in [-0.15, -0.1) is 0 Å². The molecule has 1 aromatic carbocycles. The molecule has 0 unspecified atom stereocenters. The van der Waals surface area contributed by atoms with Crippen LogP contribution in [0.5, 0.6) is 5.75 Å². The molecule has 0 saturated heterocycles. The van der Waals surface area contributed by atoms with Gasteiger partial charge in [0.25, 0.3) is 0 Å².